The molecule has 92 valence electrons. The van der Waals surface area contributed by atoms with Gasteiger partial charge in [-0.05, 0) is 11.6 Å². The van der Waals surface area contributed by atoms with Gasteiger partial charge in [0.2, 0.25) is 0 Å². The van der Waals surface area contributed by atoms with Crippen molar-refractivity contribution in [1.29, 1.82) is 0 Å². The minimum Gasteiger partial charge on any atom is -0.380 e. The zero-order chi connectivity index (χ0) is 13.0. The molecule has 0 atom stereocenters. The van der Waals surface area contributed by atoms with Crippen molar-refractivity contribution >= 4 is 76.3 Å². The molecule has 5 nitrogen and oxygen atoms in total. The van der Waals surface area contributed by atoms with Crippen LogP contribution in [0.4, 0.5) is 0 Å². The van der Waals surface area contributed by atoms with Crippen LogP contribution in [-0.4, -0.2) is 16.9 Å². The fourth-order valence-electron chi connectivity index (χ4n) is 0.997. The predicted molar refractivity (Wildman–Crippen MR) is 73.5 cm³/mol. The minimum absolute atomic E-state index is 0.00674. The summed E-state index contributed by atoms with van der Waals surface area (Å²) >= 11 is 11.6. The van der Waals surface area contributed by atoms with Crippen molar-refractivity contribution < 1.29 is 17.2 Å². The zero-order valence-corrected chi connectivity index (χ0v) is 14.2. The SMILES string of the molecule is O=C(OBr)c1cc(C(Br)Br)cnc1C(=O)OBr. The number of rotatable bonds is 3. The van der Waals surface area contributed by atoms with Crippen molar-refractivity contribution in [2.45, 2.75) is 3.74 Å². The van der Waals surface area contributed by atoms with E-state index in [0.29, 0.717) is 5.56 Å². The van der Waals surface area contributed by atoms with Gasteiger partial charge < -0.3 is 7.66 Å². The standard InChI is InChI=1S/C8H3Br4NO4/c9-6(10)3-1-4(7(14)16-11)5(13-2-3)8(15)17-12/h1-2,6H. The van der Waals surface area contributed by atoms with Gasteiger partial charge in [0.1, 0.15) is 0 Å². The van der Waals surface area contributed by atoms with Crippen molar-refractivity contribution in [3.05, 3.63) is 29.1 Å². The maximum atomic E-state index is 11.5. The van der Waals surface area contributed by atoms with Gasteiger partial charge in [-0.25, -0.2) is 14.6 Å². The molecule has 0 bridgehead atoms. The Bertz CT molecular complexity index is 451. The lowest BCUT2D eigenvalue weighted by Gasteiger charge is -2.07. The first-order valence-electron chi connectivity index (χ1n) is 3.95. The maximum Gasteiger partial charge on any atom is 0.369 e. The van der Waals surface area contributed by atoms with E-state index in [4.69, 9.17) is 0 Å². The first-order valence-corrected chi connectivity index (χ1v) is 7.07. The fourth-order valence-corrected chi connectivity index (χ4v) is 1.83. The number of carbonyl (C=O) groups excluding carboxylic acids is 2. The molecule has 0 N–H and O–H groups in total. The van der Waals surface area contributed by atoms with E-state index in [9.17, 15) is 9.59 Å². The summed E-state index contributed by atoms with van der Waals surface area (Å²) in [5.41, 5.74) is 0.507. The van der Waals surface area contributed by atoms with Crippen molar-refractivity contribution in [3.63, 3.8) is 0 Å². The van der Waals surface area contributed by atoms with Crippen LogP contribution in [0.2, 0.25) is 0 Å². The van der Waals surface area contributed by atoms with Crippen LogP contribution in [0.25, 0.3) is 0 Å². The molecule has 9 heteroatoms. The maximum absolute atomic E-state index is 11.5. The molecule has 1 aromatic rings. The Hall–Kier alpha value is 0.01000. The molecule has 17 heavy (non-hydrogen) atoms. The number of hydrogen-bond acceptors (Lipinski definition) is 5. The number of pyridine rings is 1. The Morgan fingerprint density at radius 1 is 1.18 bits per heavy atom. The first-order chi connectivity index (χ1) is 8.01. The molecule has 0 unspecified atom stereocenters. The summed E-state index contributed by atoms with van der Waals surface area (Å²) in [5.74, 6) is -1.53. The summed E-state index contributed by atoms with van der Waals surface area (Å²) in [7, 11) is 0. The summed E-state index contributed by atoms with van der Waals surface area (Å²) < 4.78 is 8.53. The van der Waals surface area contributed by atoms with Gasteiger partial charge in [-0.2, -0.15) is 0 Å². The van der Waals surface area contributed by atoms with Crippen LogP contribution in [0.5, 0.6) is 0 Å². The molecule has 0 fully saturated rings. The third-order valence-corrected chi connectivity index (χ3v) is 3.36. The van der Waals surface area contributed by atoms with Gasteiger partial charge in [-0.1, -0.05) is 31.9 Å². The number of alkyl halides is 2. The Morgan fingerprint density at radius 3 is 2.24 bits per heavy atom. The predicted octanol–water partition coefficient (Wildman–Crippen LogP) is 3.80. The third-order valence-electron chi connectivity index (χ3n) is 1.71. The molecule has 0 spiro atoms. The summed E-state index contributed by atoms with van der Waals surface area (Å²) in [5, 5.41) is 0. The van der Waals surface area contributed by atoms with Crippen LogP contribution in [0.15, 0.2) is 12.3 Å². The van der Waals surface area contributed by atoms with Crippen molar-refractivity contribution in [2.75, 3.05) is 0 Å². The molecular weight excluding hydrogens is 494 g/mol. The largest absolute Gasteiger partial charge is 0.380 e. The third kappa shape index (κ3) is 3.73. The van der Waals surface area contributed by atoms with E-state index in [1.54, 1.807) is 0 Å². The van der Waals surface area contributed by atoms with Gasteiger partial charge in [0.15, 0.2) is 38.2 Å². The quantitative estimate of drug-likeness (QED) is 0.596. The van der Waals surface area contributed by atoms with E-state index in [2.05, 4.69) is 77.0 Å². The van der Waals surface area contributed by atoms with Crippen LogP contribution in [0.1, 0.15) is 30.1 Å². The van der Waals surface area contributed by atoms with Gasteiger partial charge in [0.25, 0.3) is 0 Å². The van der Waals surface area contributed by atoms with Crippen LogP contribution < -0.4 is 0 Å². The molecule has 1 heterocycles. The molecule has 0 aliphatic carbocycles. The molecule has 0 amide bonds. The summed E-state index contributed by atoms with van der Waals surface area (Å²) in [6.45, 7) is 0. The monoisotopic (exact) mass is 493 g/mol. The molecule has 0 aliphatic heterocycles. The molecule has 0 saturated heterocycles. The number of aromatic nitrogens is 1. The second kappa shape index (κ2) is 6.81. The highest BCUT2D eigenvalue weighted by Gasteiger charge is 2.22. The van der Waals surface area contributed by atoms with E-state index >= 15 is 0 Å². The van der Waals surface area contributed by atoms with Crippen molar-refractivity contribution in [2.24, 2.45) is 0 Å². The summed E-state index contributed by atoms with van der Waals surface area (Å²) in [4.78, 5) is 26.7. The van der Waals surface area contributed by atoms with E-state index < -0.39 is 11.9 Å². The number of nitrogens with zero attached hydrogens (tertiary/aromatic N) is 1. The molecule has 1 rings (SSSR count). The van der Waals surface area contributed by atoms with E-state index in [1.807, 2.05) is 0 Å². The second-order valence-electron chi connectivity index (χ2n) is 2.69. The molecule has 0 saturated carbocycles. The Labute approximate surface area is 130 Å². The average Bonchev–Trinajstić information content (AvgIpc) is 2.35. The second-order valence-corrected chi connectivity index (χ2v) is 6.40. The topological polar surface area (TPSA) is 65.5 Å². The lowest BCUT2D eigenvalue weighted by atomic mass is 10.1. The van der Waals surface area contributed by atoms with Gasteiger partial charge >= 0.3 is 11.9 Å². The summed E-state index contributed by atoms with van der Waals surface area (Å²) in [6.07, 6.45) is 1.43. The molecular formula is C8H3Br4NO4. The number of hydrogen-bond donors (Lipinski definition) is 0. The van der Waals surface area contributed by atoms with E-state index in [0.717, 1.165) is 0 Å². The Kier molecular flexibility index (Phi) is 6.04. The minimum atomic E-state index is -0.787. The normalized spacial score (nSPS) is 10.2. The zero-order valence-electron chi connectivity index (χ0n) is 7.82. The molecule has 0 aliphatic rings. The van der Waals surface area contributed by atoms with Gasteiger partial charge in [0.05, 0.1) is 9.30 Å². The van der Waals surface area contributed by atoms with Gasteiger partial charge in [-0.3, -0.25) is 0 Å². The molecule has 0 radical (unpaired) electrons. The van der Waals surface area contributed by atoms with Crippen LogP contribution in [-0.2, 0) is 7.66 Å². The van der Waals surface area contributed by atoms with Gasteiger partial charge in [-0.15, -0.1) is 0 Å². The van der Waals surface area contributed by atoms with Crippen molar-refractivity contribution in [1.82, 2.24) is 4.98 Å². The average molecular weight is 497 g/mol. The highest BCUT2D eigenvalue weighted by molar-refractivity contribution is 9.24. The lowest BCUT2D eigenvalue weighted by Crippen LogP contribution is -2.12. The Morgan fingerprint density at radius 2 is 1.76 bits per heavy atom. The highest BCUT2D eigenvalue weighted by Crippen LogP contribution is 2.30. The van der Waals surface area contributed by atoms with Crippen molar-refractivity contribution in [3.8, 4) is 0 Å². The van der Waals surface area contributed by atoms with Crippen LogP contribution in [0.3, 0.4) is 0 Å². The van der Waals surface area contributed by atoms with E-state index in [1.165, 1.54) is 12.3 Å². The number of halogens is 4. The lowest BCUT2D eigenvalue weighted by molar-refractivity contribution is 0.0735. The van der Waals surface area contributed by atoms with E-state index in [-0.39, 0.29) is 15.0 Å². The smallest absolute Gasteiger partial charge is 0.369 e. The van der Waals surface area contributed by atoms with Crippen LogP contribution in [0, 0.1) is 0 Å². The number of carbonyl (C=O) groups is 2. The molecule has 0 aromatic carbocycles. The first kappa shape index (κ1) is 15.1. The fraction of sp³-hybridized carbons (Fsp3) is 0.125. The highest BCUT2D eigenvalue weighted by atomic mass is 79.9. The molecule has 1 aromatic heterocycles. The summed E-state index contributed by atoms with van der Waals surface area (Å²) in [6, 6.07) is 1.46. The van der Waals surface area contributed by atoms with Crippen LogP contribution >= 0.6 is 64.4 Å². The van der Waals surface area contributed by atoms with Gasteiger partial charge in [0, 0.05) is 6.20 Å². The Balaban J connectivity index is 3.31.